The van der Waals surface area contributed by atoms with Gasteiger partial charge in [0.1, 0.15) is 0 Å². The second kappa shape index (κ2) is 3.80. The molecule has 0 aliphatic carbocycles. The number of fused-ring (bicyclic) bond motifs is 2. The molecule has 3 unspecified atom stereocenters. The highest BCUT2D eigenvalue weighted by molar-refractivity contribution is 5.14. The largest absolute Gasteiger partial charge is 0.388 e. The fourth-order valence-corrected chi connectivity index (χ4v) is 3.36. The summed E-state index contributed by atoms with van der Waals surface area (Å²) in [5, 5.41) is 14.3. The smallest absolute Gasteiger partial charge is 0.0946 e. The molecular weight excluding hydrogens is 216 g/mol. The maximum absolute atomic E-state index is 10.8. The summed E-state index contributed by atoms with van der Waals surface area (Å²) in [6, 6.07) is 0.510. The summed E-state index contributed by atoms with van der Waals surface area (Å²) in [5.41, 5.74) is 6.39. The number of hydrogen-bond donors (Lipinski definition) is 3. The van der Waals surface area contributed by atoms with E-state index in [0.29, 0.717) is 12.1 Å². The lowest BCUT2D eigenvalue weighted by Gasteiger charge is -2.41. The third kappa shape index (κ3) is 1.78. The first-order chi connectivity index (χ1) is 8.08. The van der Waals surface area contributed by atoms with Crippen molar-refractivity contribution in [3.8, 4) is 0 Å². The predicted molar refractivity (Wildman–Crippen MR) is 64.3 cm³/mol. The summed E-state index contributed by atoms with van der Waals surface area (Å²) >= 11 is 0. The lowest BCUT2D eigenvalue weighted by molar-refractivity contribution is -0.0314. The Bertz CT molecular complexity index is 404. The summed E-state index contributed by atoms with van der Waals surface area (Å²) in [6.45, 7) is 0. The van der Waals surface area contributed by atoms with Crippen LogP contribution in [0.1, 0.15) is 37.4 Å². The minimum Gasteiger partial charge on any atom is -0.388 e. The van der Waals surface area contributed by atoms with Gasteiger partial charge in [0.2, 0.25) is 0 Å². The minimum atomic E-state index is -0.787. The number of piperidine rings is 1. The molecule has 3 heterocycles. The number of nitrogens with zero attached hydrogens (tertiary/aromatic N) is 2. The Morgan fingerprint density at radius 3 is 2.71 bits per heavy atom. The Hall–Kier alpha value is -0.910. The normalized spacial score (nSPS) is 38.3. The zero-order valence-electron chi connectivity index (χ0n) is 10.1. The molecule has 0 radical (unpaired) electrons. The number of hydrogen-bond acceptors (Lipinski definition) is 4. The lowest BCUT2D eigenvalue weighted by atomic mass is 9.80. The molecule has 2 aliphatic rings. The Morgan fingerprint density at radius 1 is 1.53 bits per heavy atom. The molecule has 4 N–H and O–H groups in total. The van der Waals surface area contributed by atoms with Gasteiger partial charge in [-0.25, -0.2) is 4.98 Å². The van der Waals surface area contributed by atoms with Crippen LogP contribution in [0.15, 0.2) is 12.5 Å². The van der Waals surface area contributed by atoms with Crippen LogP contribution in [0.2, 0.25) is 0 Å². The van der Waals surface area contributed by atoms with Gasteiger partial charge in [-0.3, -0.25) is 0 Å². The molecule has 5 nitrogen and oxygen atoms in total. The highest BCUT2D eigenvalue weighted by Crippen LogP contribution is 2.40. The van der Waals surface area contributed by atoms with Crippen LogP contribution in [-0.4, -0.2) is 32.3 Å². The summed E-state index contributed by atoms with van der Waals surface area (Å²) in [4.78, 5) is 4.08. The van der Waals surface area contributed by atoms with E-state index >= 15 is 0 Å². The van der Waals surface area contributed by atoms with Crippen molar-refractivity contribution in [1.82, 2.24) is 14.9 Å². The van der Waals surface area contributed by atoms with Gasteiger partial charge < -0.3 is 20.7 Å². The molecule has 0 spiro atoms. The van der Waals surface area contributed by atoms with Gasteiger partial charge in [-0.2, -0.15) is 0 Å². The molecule has 94 valence electrons. The molecule has 5 heteroatoms. The van der Waals surface area contributed by atoms with Crippen molar-refractivity contribution < 1.29 is 5.11 Å². The van der Waals surface area contributed by atoms with Crippen LogP contribution in [-0.2, 0) is 7.05 Å². The molecule has 3 atom stereocenters. The van der Waals surface area contributed by atoms with E-state index in [0.717, 1.165) is 31.4 Å². The summed E-state index contributed by atoms with van der Waals surface area (Å²) in [7, 11) is 1.92. The highest BCUT2D eigenvalue weighted by Gasteiger charge is 2.46. The van der Waals surface area contributed by atoms with Gasteiger partial charge in [-0.15, -0.1) is 0 Å². The molecule has 2 aliphatic heterocycles. The van der Waals surface area contributed by atoms with E-state index in [1.807, 2.05) is 11.6 Å². The molecule has 2 fully saturated rings. The van der Waals surface area contributed by atoms with E-state index in [2.05, 4.69) is 10.3 Å². The van der Waals surface area contributed by atoms with Crippen LogP contribution in [0.5, 0.6) is 0 Å². The van der Waals surface area contributed by atoms with Gasteiger partial charge in [-0.1, -0.05) is 0 Å². The van der Waals surface area contributed by atoms with Crippen molar-refractivity contribution >= 4 is 0 Å². The second-order valence-electron chi connectivity index (χ2n) is 5.56. The lowest BCUT2D eigenvalue weighted by Crippen LogP contribution is -2.53. The molecular formula is C12H20N4O. The van der Waals surface area contributed by atoms with Crippen LogP contribution >= 0.6 is 0 Å². The average molecular weight is 236 g/mol. The molecule has 0 amide bonds. The number of rotatable bonds is 2. The number of aliphatic hydroxyl groups is 1. The maximum Gasteiger partial charge on any atom is 0.0946 e. The van der Waals surface area contributed by atoms with E-state index in [-0.39, 0.29) is 6.04 Å². The number of imidazole rings is 1. The monoisotopic (exact) mass is 236 g/mol. The molecule has 2 saturated heterocycles. The Morgan fingerprint density at radius 2 is 2.18 bits per heavy atom. The van der Waals surface area contributed by atoms with Crippen molar-refractivity contribution in [3.63, 3.8) is 0 Å². The van der Waals surface area contributed by atoms with Gasteiger partial charge in [0.15, 0.2) is 0 Å². The predicted octanol–water partition coefficient (Wildman–Crippen LogP) is 0.0654. The van der Waals surface area contributed by atoms with E-state index in [1.165, 1.54) is 0 Å². The SMILES string of the molecule is Cn1cncc1C(N)C1(O)CC2CCC(C1)N2. The molecule has 3 rings (SSSR count). The number of aromatic nitrogens is 2. The molecule has 0 saturated carbocycles. The van der Waals surface area contributed by atoms with E-state index in [4.69, 9.17) is 5.73 Å². The third-order valence-corrected chi connectivity index (χ3v) is 4.29. The quantitative estimate of drug-likeness (QED) is 0.679. The van der Waals surface area contributed by atoms with Crippen molar-refractivity contribution in [1.29, 1.82) is 0 Å². The van der Waals surface area contributed by atoms with E-state index < -0.39 is 5.60 Å². The van der Waals surface area contributed by atoms with Crippen LogP contribution in [0.4, 0.5) is 0 Å². The zero-order valence-corrected chi connectivity index (χ0v) is 10.1. The minimum absolute atomic E-state index is 0.347. The van der Waals surface area contributed by atoms with Crippen LogP contribution in [0, 0.1) is 0 Å². The standard InChI is InChI=1S/C12H20N4O/c1-16-7-14-6-10(16)11(13)12(17)4-8-2-3-9(5-12)15-8/h6-9,11,15,17H,2-5,13H2,1H3. The topological polar surface area (TPSA) is 76.1 Å². The maximum atomic E-state index is 10.8. The first kappa shape index (κ1) is 11.2. The van der Waals surface area contributed by atoms with Crippen molar-refractivity contribution in [2.24, 2.45) is 12.8 Å². The number of aryl methyl sites for hydroxylation is 1. The number of nitrogens with two attached hydrogens (primary N) is 1. The van der Waals surface area contributed by atoms with Gasteiger partial charge in [0, 0.05) is 25.3 Å². The third-order valence-electron chi connectivity index (χ3n) is 4.29. The van der Waals surface area contributed by atoms with Crippen LogP contribution in [0.3, 0.4) is 0 Å². The van der Waals surface area contributed by atoms with Gasteiger partial charge >= 0.3 is 0 Å². The number of nitrogens with one attached hydrogen (secondary N) is 1. The molecule has 0 aromatic carbocycles. The summed E-state index contributed by atoms with van der Waals surface area (Å²) < 4.78 is 1.90. The van der Waals surface area contributed by atoms with Gasteiger partial charge in [-0.05, 0) is 25.7 Å². The van der Waals surface area contributed by atoms with E-state index in [1.54, 1.807) is 12.5 Å². The molecule has 2 bridgehead atoms. The van der Waals surface area contributed by atoms with Gasteiger partial charge in [0.05, 0.1) is 23.7 Å². The molecule has 1 aromatic heterocycles. The summed E-state index contributed by atoms with van der Waals surface area (Å²) in [6.07, 6.45) is 7.29. The zero-order chi connectivity index (χ0) is 12.0. The first-order valence-electron chi connectivity index (χ1n) is 6.29. The van der Waals surface area contributed by atoms with Crippen molar-refractivity contribution in [2.45, 2.75) is 49.4 Å². The van der Waals surface area contributed by atoms with Crippen molar-refractivity contribution in [2.75, 3.05) is 0 Å². The van der Waals surface area contributed by atoms with E-state index in [9.17, 15) is 5.11 Å². The van der Waals surface area contributed by atoms with Gasteiger partial charge in [0.25, 0.3) is 0 Å². The average Bonchev–Trinajstić information content (AvgIpc) is 2.84. The molecule has 17 heavy (non-hydrogen) atoms. The fraction of sp³-hybridized carbons (Fsp3) is 0.750. The van der Waals surface area contributed by atoms with Crippen molar-refractivity contribution in [3.05, 3.63) is 18.2 Å². The Balaban J connectivity index is 1.85. The second-order valence-corrected chi connectivity index (χ2v) is 5.56. The fourth-order valence-electron chi connectivity index (χ4n) is 3.36. The highest BCUT2D eigenvalue weighted by atomic mass is 16.3. The first-order valence-corrected chi connectivity index (χ1v) is 6.29. The Kier molecular flexibility index (Phi) is 2.50. The van der Waals surface area contributed by atoms with Crippen LogP contribution in [0.25, 0.3) is 0 Å². The van der Waals surface area contributed by atoms with Crippen LogP contribution < -0.4 is 11.1 Å². The summed E-state index contributed by atoms with van der Waals surface area (Å²) in [5.74, 6) is 0. The molecule has 1 aromatic rings. The Labute approximate surface area is 101 Å².